The average Bonchev–Trinajstić information content (AvgIpc) is 2.01. The third-order valence-corrected chi connectivity index (χ3v) is 1.42. The van der Waals surface area contributed by atoms with Crippen molar-refractivity contribution < 1.29 is 34.5 Å². The number of carbonyl (C=O) groups excluding carboxylic acids is 1. The van der Waals surface area contributed by atoms with Gasteiger partial charge in [0, 0.05) is 0 Å². The first kappa shape index (κ1) is 17.4. The van der Waals surface area contributed by atoms with Crippen molar-refractivity contribution in [2.75, 3.05) is 0 Å². The van der Waals surface area contributed by atoms with Crippen LogP contribution in [-0.4, -0.2) is 68.4 Å². The zero-order valence-electron chi connectivity index (χ0n) is 7.24. The van der Waals surface area contributed by atoms with Crippen LogP contribution in [-0.2, 0) is 19.2 Å². The van der Waals surface area contributed by atoms with E-state index in [4.69, 9.17) is 10.2 Å². The first-order valence-electron chi connectivity index (χ1n) is 3.52. The van der Waals surface area contributed by atoms with Crippen LogP contribution in [0.15, 0.2) is 5.34 Å². The summed E-state index contributed by atoms with van der Waals surface area (Å²) in [5.74, 6) is -4.96. The molecule has 0 aliphatic heterocycles. The molecule has 0 aliphatic rings. The van der Waals surface area contributed by atoms with E-state index < -0.39 is 36.4 Å². The predicted octanol–water partition coefficient (Wildman–Crippen LogP) is -1.76. The molecule has 0 aromatic carbocycles. The van der Waals surface area contributed by atoms with Gasteiger partial charge in [-0.3, -0.25) is 9.63 Å². The molecular formula is C6H8NNaO8. The second-order valence-electron chi connectivity index (χ2n) is 2.62. The summed E-state index contributed by atoms with van der Waals surface area (Å²) in [6.07, 6.45) is -2.38. The van der Waals surface area contributed by atoms with Crippen LogP contribution in [0.5, 0.6) is 0 Å². The first-order valence-corrected chi connectivity index (χ1v) is 3.52. The molecule has 9 nitrogen and oxygen atoms in total. The summed E-state index contributed by atoms with van der Waals surface area (Å²) in [6, 6.07) is 0. The minimum atomic E-state index is -2.81. The van der Waals surface area contributed by atoms with Crippen LogP contribution in [0.1, 0.15) is 12.8 Å². The van der Waals surface area contributed by atoms with Gasteiger partial charge in [0.15, 0.2) is 10.9 Å². The van der Waals surface area contributed by atoms with E-state index >= 15 is 0 Å². The van der Waals surface area contributed by atoms with E-state index in [-0.39, 0.29) is 29.6 Å². The molecule has 0 aromatic heterocycles. The molecule has 0 fully saturated rings. The molecule has 0 amide bonds. The number of aliphatic hydroxyl groups is 1. The Balaban J connectivity index is 0. The molecule has 0 aliphatic carbocycles. The molecule has 0 rings (SSSR count). The van der Waals surface area contributed by atoms with Gasteiger partial charge in [0.05, 0.1) is 12.8 Å². The first-order chi connectivity index (χ1) is 6.81. The van der Waals surface area contributed by atoms with Crippen molar-refractivity contribution in [3.05, 3.63) is 4.91 Å². The minimum absolute atomic E-state index is 0. The topological polar surface area (TPSA) is 151 Å². The molecular weight excluding hydrogens is 237 g/mol. The van der Waals surface area contributed by atoms with Crippen LogP contribution in [0.3, 0.4) is 0 Å². The Morgan fingerprint density at radius 1 is 1.19 bits per heavy atom. The molecule has 0 saturated heterocycles. The van der Waals surface area contributed by atoms with Gasteiger partial charge < -0.3 is 15.3 Å². The van der Waals surface area contributed by atoms with Crippen molar-refractivity contribution in [1.29, 1.82) is 0 Å². The van der Waals surface area contributed by atoms with Crippen LogP contribution < -0.4 is 0 Å². The summed E-state index contributed by atoms with van der Waals surface area (Å²) < 4.78 is 0. The summed E-state index contributed by atoms with van der Waals surface area (Å²) >= 11 is 0. The average molecular weight is 245 g/mol. The number of hydrogen-bond acceptors (Lipinski definition) is 7. The molecule has 0 radical (unpaired) electrons. The summed E-state index contributed by atoms with van der Waals surface area (Å²) in [5, 5.41) is 27.7. The number of nitrogens with zero attached hydrogens (tertiary/aromatic N) is 1. The van der Waals surface area contributed by atoms with Crippen LogP contribution in [0.25, 0.3) is 0 Å². The van der Waals surface area contributed by atoms with Crippen LogP contribution in [0, 0.1) is 4.91 Å². The zero-order chi connectivity index (χ0) is 12.1. The van der Waals surface area contributed by atoms with Crippen molar-refractivity contribution in [3.8, 4) is 0 Å². The third kappa shape index (κ3) is 5.75. The maximum atomic E-state index is 10.6. The SMILES string of the molecule is O=NOC(=O)CC(O)(CC(=O)O)C(=O)O.[NaH]. The van der Waals surface area contributed by atoms with Crippen molar-refractivity contribution >= 4 is 47.5 Å². The van der Waals surface area contributed by atoms with Crippen LogP contribution in [0.2, 0.25) is 0 Å². The zero-order valence-corrected chi connectivity index (χ0v) is 7.24. The second kappa shape index (κ2) is 7.28. The fourth-order valence-electron chi connectivity index (χ4n) is 0.777. The molecule has 0 saturated carbocycles. The van der Waals surface area contributed by atoms with Gasteiger partial charge in [-0.05, 0) is 0 Å². The number of carboxylic acids is 2. The number of carbonyl (C=O) groups is 3. The van der Waals surface area contributed by atoms with Gasteiger partial charge in [-0.1, -0.05) is 0 Å². The molecule has 0 aromatic rings. The van der Waals surface area contributed by atoms with Gasteiger partial charge in [-0.25, -0.2) is 9.59 Å². The van der Waals surface area contributed by atoms with Crippen LogP contribution in [0.4, 0.5) is 0 Å². The van der Waals surface area contributed by atoms with Gasteiger partial charge in [0.2, 0.25) is 0 Å². The van der Waals surface area contributed by atoms with E-state index in [0.717, 1.165) is 0 Å². The Morgan fingerprint density at radius 3 is 2.00 bits per heavy atom. The molecule has 10 heteroatoms. The summed E-state index contributed by atoms with van der Waals surface area (Å²) in [5.41, 5.74) is -2.81. The third-order valence-electron chi connectivity index (χ3n) is 1.42. The van der Waals surface area contributed by atoms with Crippen molar-refractivity contribution in [2.24, 2.45) is 5.34 Å². The normalized spacial score (nSPS) is 12.8. The van der Waals surface area contributed by atoms with Gasteiger partial charge in [-0.2, -0.15) is 0 Å². The van der Waals surface area contributed by atoms with E-state index in [1.54, 1.807) is 5.34 Å². The number of hydrogen-bond donors (Lipinski definition) is 3. The van der Waals surface area contributed by atoms with Gasteiger partial charge >= 0.3 is 47.5 Å². The molecule has 1 atom stereocenters. The molecule has 1 unspecified atom stereocenters. The summed E-state index contributed by atoms with van der Waals surface area (Å²) in [7, 11) is 0. The molecule has 3 N–H and O–H groups in total. The molecule has 16 heavy (non-hydrogen) atoms. The van der Waals surface area contributed by atoms with Crippen LogP contribution >= 0.6 is 0 Å². The quantitative estimate of drug-likeness (QED) is 0.283. The predicted molar refractivity (Wildman–Crippen MR) is 48.5 cm³/mol. The Morgan fingerprint density at radius 2 is 1.69 bits per heavy atom. The van der Waals surface area contributed by atoms with Gasteiger partial charge in [0.1, 0.15) is 0 Å². The maximum absolute atomic E-state index is 10.6. The Hall–Kier alpha value is -1.03. The Kier molecular flexibility index (Phi) is 7.90. The number of rotatable bonds is 6. The van der Waals surface area contributed by atoms with Gasteiger partial charge in [0.25, 0.3) is 0 Å². The summed E-state index contributed by atoms with van der Waals surface area (Å²) in [6.45, 7) is 0. The summed E-state index contributed by atoms with van der Waals surface area (Å²) in [4.78, 5) is 44.2. The standard InChI is InChI=1S/C6H7NO8.Na.H/c8-3(9)1-6(13,5(11)12)2-4(10)15-7-14;;/h13H,1-2H2,(H,8,9)(H,11,12);;. The van der Waals surface area contributed by atoms with E-state index in [0.29, 0.717) is 0 Å². The molecule has 0 heterocycles. The fraction of sp³-hybridized carbons (Fsp3) is 0.500. The molecule has 86 valence electrons. The van der Waals surface area contributed by atoms with Crippen molar-refractivity contribution in [1.82, 2.24) is 0 Å². The van der Waals surface area contributed by atoms with E-state index in [1.807, 2.05) is 0 Å². The van der Waals surface area contributed by atoms with E-state index in [9.17, 15) is 24.4 Å². The molecule has 0 bridgehead atoms. The van der Waals surface area contributed by atoms with Gasteiger partial charge in [-0.15, -0.1) is 4.91 Å². The van der Waals surface area contributed by atoms with Crippen molar-refractivity contribution in [2.45, 2.75) is 18.4 Å². The van der Waals surface area contributed by atoms with Crippen molar-refractivity contribution in [3.63, 3.8) is 0 Å². The van der Waals surface area contributed by atoms with E-state index in [1.165, 1.54) is 0 Å². The number of carboxylic acid groups (broad SMARTS) is 2. The second-order valence-corrected chi connectivity index (χ2v) is 2.62. The van der Waals surface area contributed by atoms with E-state index in [2.05, 4.69) is 4.84 Å². The molecule has 0 spiro atoms. The fourth-order valence-corrected chi connectivity index (χ4v) is 0.777. The Bertz CT molecular complexity index is 305. The Labute approximate surface area is 111 Å². The number of aliphatic carboxylic acids is 2. The monoisotopic (exact) mass is 245 g/mol.